The van der Waals surface area contributed by atoms with E-state index in [2.05, 4.69) is 22.3 Å². The maximum absolute atomic E-state index is 11.7. The smallest absolute Gasteiger partial charge is 0.343 e. The summed E-state index contributed by atoms with van der Waals surface area (Å²) in [6.07, 6.45) is 5.87. The monoisotopic (exact) mass is 548 g/mol. The first-order valence-electron chi connectivity index (χ1n) is 13.7. The zero-order valence-corrected chi connectivity index (χ0v) is 23.2. The van der Waals surface area contributed by atoms with Gasteiger partial charge < -0.3 is 38.1 Å². The van der Waals surface area contributed by atoms with Crippen LogP contribution in [0.5, 0.6) is 17.2 Å². The molecule has 0 spiro atoms. The number of nitrogens with one attached hydrogen (secondary N) is 1. The molecule has 1 N–H and O–H groups in total. The summed E-state index contributed by atoms with van der Waals surface area (Å²) in [6, 6.07) is 14.3. The number of hydrogen-bond acceptors (Lipinski definition) is 9. The van der Waals surface area contributed by atoms with Crippen LogP contribution in [-0.2, 0) is 16.1 Å². The highest BCUT2D eigenvalue weighted by Crippen LogP contribution is 2.37. The largest absolute Gasteiger partial charge is 0.492 e. The maximum Gasteiger partial charge on any atom is 0.343 e. The Morgan fingerprint density at radius 2 is 1.73 bits per heavy atom. The van der Waals surface area contributed by atoms with E-state index < -0.39 is 5.97 Å². The molecule has 0 aliphatic carbocycles. The van der Waals surface area contributed by atoms with E-state index in [0.717, 1.165) is 48.7 Å². The number of oxazole rings is 1. The van der Waals surface area contributed by atoms with Gasteiger partial charge in [-0.15, -0.1) is 0 Å². The van der Waals surface area contributed by atoms with Gasteiger partial charge in [-0.25, -0.2) is 4.79 Å². The molecule has 1 aliphatic heterocycles. The molecule has 2 aromatic heterocycles. The minimum atomic E-state index is -0.466. The number of benzene rings is 2. The average molecular weight is 549 g/mol. The van der Waals surface area contributed by atoms with Gasteiger partial charge in [-0.3, -0.25) is 0 Å². The van der Waals surface area contributed by atoms with Crippen LogP contribution >= 0.6 is 0 Å². The molecule has 40 heavy (non-hydrogen) atoms. The van der Waals surface area contributed by atoms with Crippen molar-refractivity contribution < 1.29 is 28.2 Å². The zero-order valence-electron chi connectivity index (χ0n) is 23.2. The lowest BCUT2D eigenvalue weighted by molar-refractivity contribution is -0.142. The van der Waals surface area contributed by atoms with E-state index >= 15 is 0 Å². The first-order chi connectivity index (χ1) is 19.6. The van der Waals surface area contributed by atoms with E-state index in [9.17, 15) is 4.79 Å². The van der Waals surface area contributed by atoms with Crippen molar-refractivity contribution in [2.24, 2.45) is 0 Å². The van der Waals surface area contributed by atoms with Crippen molar-refractivity contribution in [3.8, 4) is 22.9 Å². The first-order valence-corrected chi connectivity index (χ1v) is 13.7. The molecule has 0 radical (unpaired) electrons. The molecule has 10 heteroatoms. The van der Waals surface area contributed by atoms with E-state index in [-0.39, 0.29) is 12.6 Å². The summed E-state index contributed by atoms with van der Waals surface area (Å²) in [5.74, 6) is 1.48. The van der Waals surface area contributed by atoms with Crippen molar-refractivity contribution in [2.75, 3.05) is 44.9 Å². The van der Waals surface area contributed by atoms with E-state index in [4.69, 9.17) is 28.3 Å². The summed E-state index contributed by atoms with van der Waals surface area (Å²) < 4.78 is 31.0. The van der Waals surface area contributed by atoms with Crippen molar-refractivity contribution in [1.29, 1.82) is 0 Å². The Bertz CT molecular complexity index is 1380. The molecular formula is C30H36N4O6. The summed E-state index contributed by atoms with van der Waals surface area (Å²) in [7, 11) is 1.33. The molecule has 0 bridgehead atoms. The van der Waals surface area contributed by atoms with E-state index in [1.54, 1.807) is 6.07 Å². The van der Waals surface area contributed by atoms with Gasteiger partial charge in [-0.1, -0.05) is 6.07 Å². The Morgan fingerprint density at radius 3 is 2.38 bits per heavy atom. The second kappa shape index (κ2) is 12.8. The lowest BCUT2D eigenvalue weighted by Gasteiger charge is -2.34. The molecule has 1 saturated heterocycles. The van der Waals surface area contributed by atoms with E-state index in [0.29, 0.717) is 42.6 Å². The number of aromatic nitrogens is 2. The van der Waals surface area contributed by atoms with Crippen LogP contribution in [0.4, 0.5) is 6.01 Å². The molecule has 0 saturated carbocycles. The molecule has 3 heterocycles. The summed E-state index contributed by atoms with van der Waals surface area (Å²) in [5, 5.41) is 3.44. The normalized spacial score (nSPS) is 13.8. The minimum Gasteiger partial charge on any atom is -0.492 e. The fourth-order valence-electron chi connectivity index (χ4n) is 5.01. The van der Waals surface area contributed by atoms with Gasteiger partial charge in [0.05, 0.1) is 20.3 Å². The van der Waals surface area contributed by atoms with Gasteiger partial charge in [-0.2, -0.15) is 4.98 Å². The molecule has 5 rings (SSSR count). The number of carbonyl (C=O) groups is 1. The lowest BCUT2D eigenvalue weighted by atomic mass is 10.0. The summed E-state index contributed by atoms with van der Waals surface area (Å²) in [4.78, 5) is 18.7. The van der Waals surface area contributed by atoms with Gasteiger partial charge in [-0.05, 0) is 81.7 Å². The van der Waals surface area contributed by atoms with E-state index in [1.807, 2.05) is 55.1 Å². The molecule has 2 aromatic carbocycles. The average Bonchev–Trinajstić information content (AvgIpc) is 3.66. The van der Waals surface area contributed by atoms with Gasteiger partial charge in [0, 0.05) is 25.0 Å². The van der Waals surface area contributed by atoms with Crippen molar-refractivity contribution in [1.82, 2.24) is 14.9 Å². The standard InChI is InChI=1S/C30H36N4O6/c1-4-37-25-17-21(18-26(38-5-2)28(25)33-15-6-7-16-33)19-34(22-11-13-31-14-12-22)30-32-23-9-8-10-24(29(23)40-30)39-20-27(35)36-3/h6-10,15-18,22,31H,4-5,11-14,19-20H2,1-3H3. The lowest BCUT2D eigenvalue weighted by Crippen LogP contribution is -2.43. The molecule has 10 nitrogen and oxygen atoms in total. The van der Waals surface area contributed by atoms with Gasteiger partial charge in [0.25, 0.3) is 6.01 Å². The number of nitrogens with zero attached hydrogens (tertiary/aromatic N) is 3. The Balaban J connectivity index is 1.53. The molecule has 212 valence electrons. The van der Waals surface area contributed by atoms with Crippen LogP contribution in [-0.4, -0.2) is 61.6 Å². The number of ether oxygens (including phenoxy) is 4. The van der Waals surface area contributed by atoms with Crippen LogP contribution in [0, 0.1) is 0 Å². The summed E-state index contributed by atoms with van der Waals surface area (Å²) in [5.41, 5.74) is 3.04. The van der Waals surface area contributed by atoms with Crippen LogP contribution in [0.25, 0.3) is 16.8 Å². The number of rotatable bonds is 12. The van der Waals surface area contributed by atoms with Crippen molar-refractivity contribution in [2.45, 2.75) is 39.3 Å². The molecule has 0 amide bonds. The quantitative estimate of drug-likeness (QED) is 0.252. The second-order valence-corrected chi connectivity index (χ2v) is 9.47. The fraction of sp³-hybridized carbons (Fsp3) is 0.400. The number of carbonyl (C=O) groups excluding carboxylic acids is 1. The third-order valence-electron chi connectivity index (χ3n) is 6.85. The number of anilines is 1. The minimum absolute atomic E-state index is 0.211. The third kappa shape index (κ3) is 6.02. The molecule has 0 unspecified atom stereocenters. The summed E-state index contributed by atoms with van der Waals surface area (Å²) in [6.45, 7) is 7.17. The number of methoxy groups -OCH3 is 1. The van der Waals surface area contributed by atoms with Gasteiger partial charge in [0.2, 0.25) is 0 Å². The number of para-hydroxylation sites is 1. The molecular weight excluding hydrogens is 512 g/mol. The Kier molecular flexibility index (Phi) is 8.75. The van der Waals surface area contributed by atoms with Crippen molar-refractivity contribution in [3.63, 3.8) is 0 Å². The number of fused-ring (bicyclic) bond motifs is 1. The predicted molar refractivity (Wildman–Crippen MR) is 152 cm³/mol. The number of hydrogen-bond donors (Lipinski definition) is 1. The van der Waals surface area contributed by atoms with Gasteiger partial charge >= 0.3 is 5.97 Å². The fourth-order valence-corrected chi connectivity index (χ4v) is 5.01. The molecule has 4 aromatic rings. The van der Waals surface area contributed by atoms with E-state index in [1.165, 1.54) is 7.11 Å². The zero-order chi connectivity index (χ0) is 27.9. The first kappa shape index (κ1) is 27.4. The van der Waals surface area contributed by atoms with Gasteiger partial charge in [0.1, 0.15) is 22.7 Å². The number of piperidine rings is 1. The molecule has 1 fully saturated rings. The van der Waals surface area contributed by atoms with Crippen LogP contribution in [0.1, 0.15) is 32.3 Å². The van der Waals surface area contributed by atoms with Crippen LogP contribution in [0.3, 0.4) is 0 Å². The van der Waals surface area contributed by atoms with Crippen molar-refractivity contribution >= 4 is 23.1 Å². The summed E-state index contributed by atoms with van der Waals surface area (Å²) >= 11 is 0. The van der Waals surface area contributed by atoms with Crippen molar-refractivity contribution in [3.05, 3.63) is 60.4 Å². The Labute approximate surface area is 233 Å². The predicted octanol–water partition coefficient (Wildman–Crippen LogP) is 4.73. The second-order valence-electron chi connectivity index (χ2n) is 9.47. The third-order valence-corrected chi connectivity index (χ3v) is 6.85. The SMILES string of the molecule is CCOc1cc(CN(c2nc3cccc(OCC(=O)OC)c3o2)C2CCNCC2)cc(OCC)c1-n1cccc1. The molecule has 1 aliphatic rings. The van der Waals surface area contributed by atoms with Crippen LogP contribution < -0.4 is 24.4 Å². The number of esters is 1. The van der Waals surface area contributed by atoms with Crippen LogP contribution in [0.15, 0.2) is 59.3 Å². The highest BCUT2D eigenvalue weighted by Gasteiger charge is 2.27. The van der Waals surface area contributed by atoms with Crippen LogP contribution in [0.2, 0.25) is 0 Å². The highest BCUT2D eigenvalue weighted by molar-refractivity contribution is 5.81. The Morgan fingerprint density at radius 1 is 1.02 bits per heavy atom. The Hall–Kier alpha value is -4.18. The highest BCUT2D eigenvalue weighted by atomic mass is 16.6. The molecule has 0 atom stereocenters. The topological polar surface area (TPSA) is 100 Å². The van der Waals surface area contributed by atoms with Gasteiger partial charge in [0.15, 0.2) is 17.9 Å². The maximum atomic E-state index is 11.7.